The van der Waals surface area contributed by atoms with Gasteiger partial charge in [0.05, 0.1) is 0 Å². The van der Waals surface area contributed by atoms with E-state index in [9.17, 15) is 0 Å². The van der Waals surface area contributed by atoms with Gasteiger partial charge in [-0.2, -0.15) is 0 Å². The van der Waals surface area contributed by atoms with Crippen molar-refractivity contribution in [2.24, 2.45) is 5.73 Å². The maximum absolute atomic E-state index is 5.64. The van der Waals surface area contributed by atoms with E-state index < -0.39 is 0 Å². The molecule has 0 unspecified atom stereocenters. The minimum Gasteiger partial charge on any atom is -0.326 e. The van der Waals surface area contributed by atoms with Crippen LogP contribution in [0.4, 0.5) is 0 Å². The summed E-state index contributed by atoms with van der Waals surface area (Å²) in [5, 5.41) is 2.13. The lowest BCUT2D eigenvalue weighted by atomic mass is 10.0. The van der Waals surface area contributed by atoms with Crippen LogP contribution in [-0.2, 0) is 6.54 Å². The van der Waals surface area contributed by atoms with Crippen LogP contribution in [0.3, 0.4) is 0 Å². The summed E-state index contributed by atoms with van der Waals surface area (Å²) in [4.78, 5) is 5.36. The number of pyridine rings is 1. The number of rotatable bonds is 3. The van der Waals surface area contributed by atoms with Crippen LogP contribution < -0.4 is 5.73 Å². The summed E-state index contributed by atoms with van der Waals surface area (Å²) in [5.41, 5.74) is 10.5. The third-order valence-corrected chi connectivity index (χ3v) is 4.07. The Kier molecular flexibility index (Phi) is 3.40. The van der Waals surface area contributed by atoms with Crippen molar-refractivity contribution in [2.45, 2.75) is 6.54 Å². The minimum absolute atomic E-state index is 0.585. The molecule has 0 bridgehead atoms. The molecule has 0 amide bonds. The van der Waals surface area contributed by atoms with Crippen LogP contribution in [0, 0.1) is 0 Å². The molecule has 3 heteroatoms. The highest BCUT2D eigenvalue weighted by molar-refractivity contribution is 7.14. The van der Waals surface area contributed by atoms with Gasteiger partial charge < -0.3 is 5.73 Å². The number of nitrogens with two attached hydrogens (primary N) is 1. The number of benzene rings is 1. The quantitative estimate of drug-likeness (QED) is 0.780. The molecule has 0 spiro atoms. The number of aromatic nitrogens is 1. The summed E-state index contributed by atoms with van der Waals surface area (Å²) in [6.07, 6.45) is 3.66. The lowest BCUT2D eigenvalue weighted by molar-refractivity contribution is 1.07. The van der Waals surface area contributed by atoms with Crippen molar-refractivity contribution in [3.8, 4) is 21.6 Å². The van der Waals surface area contributed by atoms with Gasteiger partial charge in [0.15, 0.2) is 0 Å². The van der Waals surface area contributed by atoms with Gasteiger partial charge in [-0.1, -0.05) is 24.3 Å². The summed E-state index contributed by atoms with van der Waals surface area (Å²) < 4.78 is 0. The Hall–Kier alpha value is -1.97. The maximum atomic E-state index is 5.64. The predicted molar refractivity (Wildman–Crippen MR) is 80.9 cm³/mol. The molecule has 0 radical (unpaired) electrons. The summed E-state index contributed by atoms with van der Waals surface area (Å²) in [6, 6.07) is 14.7. The van der Waals surface area contributed by atoms with E-state index in [-0.39, 0.29) is 0 Å². The second-order valence-electron chi connectivity index (χ2n) is 4.30. The second kappa shape index (κ2) is 5.34. The van der Waals surface area contributed by atoms with Gasteiger partial charge in [0.1, 0.15) is 0 Å². The van der Waals surface area contributed by atoms with Gasteiger partial charge >= 0.3 is 0 Å². The molecule has 0 saturated carbocycles. The van der Waals surface area contributed by atoms with Crippen molar-refractivity contribution in [3.05, 3.63) is 65.8 Å². The van der Waals surface area contributed by atoms with Crippen molar-refractivity contribution in [1.82, 2.24) is 4.98 Å². The molecule has 0 atom stereocenters. The van der Waals surface area contributed by atoms with Gasteiger partial charge in [-0.25, -0.2) is 0 Å². The molecule has 0 aliphatic carbocycles. The fourth-order valence-electron chi connectivity index (χ4n) is 2.08. The van der Waals surface area contributed by atoms with Crippen LogP contribution >= 0.6 is 11.3 Å². The highest BCUT2D eigenvalue weighted by atomic mass is 32.1. The van der Waals surface area contributed by atoms with E-state index >= 15 is 0 Å². The zero-order valence-corrected chi connectivity index (χ0v) is 11.2. The van der Waals surface area contributed by atoms with E-state index in [1.165, 1.54) is 21.6 Å². The molecule has 0 aliphatic heterocycles. The van der Waals surface area contributed by atoms with Gasteiger partial charge in [0.25, 0.3) is 0 Å². The zero-order chi connectivity index (χ0) is 13.1. The molecule has 2 N–H and O–H groups in total. The fraction of sp³-hybridized carbons (Fsp3) is 0.0625. The minimum atomic E-state index is 0.585. The number of nitrogens with zero attached hydrogens (tertiary/aromatic N) is 1. The Bertz CT molecular complexity index is 657. The van der Waals surface area contributed by atoms with Gasteiger partial charge in [-0.05, 0) is 40.3 Å². The Balaban J connectivity index is 2.04. The molecule has 2 heterocycles. The van der Waals surface area contributed by atoms with Crippen molar-refractivity contribution in [3.63, 3.8) is 0 Å². The Morgan fingerprint density at radius 3 is 2.32 bits per heavy atom. The standard InChI is InChI=1S/C16H14N2S/c17-11-12-1-3-14(4-2-12)16-15(7-10-19-16)13-5-8-18-9-6-13/h1-10H,11,17H2. The smallest absolute Gasteiger partial charge is 0.0421 e. The average molecular weight is 266 g/mol. The van der Waals surface area contributed by atoms with Crippen molar-refractivity contribution < 1.29 is 0 Å². The van der Waals surface area contributed by atoms with Crippen LogP contribution in [0.5, 0.6) is 0 Å². The first-order chi connectivity index (χ1) is 9.38. The largest absolute Gasteiger partial charge is 0.326 e. The fourth-order valence-corrected chi connectivity index (χ4v) is 3.01. The van der Waals surface area contributed by atoms with E-state index in [0.29, 0.717) is 6.54 Å². The summed E-state index contributed by atoms with van der Waals surface area (Å²) in [7, 11) is 0. The third-order valence-electron chi connectivity index (χ3n) is 3.11. The van der Waals surface area contributed by atoms with Gasteiger partial charge in [-0.15, -0.1) is 11.3 Å². The van der Waals surface area contributed by atoms with Crippen LogP contribution in [0.2, 0.25) is 0 Å². The van der Waals surface area contributed by atoms with Crippen molar-refractivity contribution in [2.75, 3.05) is 0 Å². The molecular weight excluding hydrogens is 252 g/mol. The van der Waals surface area contributed by atoms with E-state index in [2.05, 4.69) is 40.7 Å². The molecule has 0 fully saturated rings. The zero-order valence-electron chi connectivity index (χ0n) is 10.4. The molecule has 2 aromatic heterocycles. The van der Waals surface area contributed by atoms with E-state index in [1.54, 1.807) is 11.3 Å². The van der Waals surface area contributed by atoms with Crippen LogP contribution in [0.1, 0.15) is 5.56 Å². The lowest BCUT2D eigenvalue weighted by Gasteiger charge is -2.05. The Labute approximate surface area is 116 Å². The third kappa shape index (κ3) is 2.43. The molecular formula is C16H14N2S. The van der Waals surface area contributed by atoms with Gasteiger partial charge in [0.2, 0.25) is 0 Å². The van der Waals surface area contributed by atoms with Crippen molar-refractivity contribution in [1.29, 1.82) is 0 Å². The highest BCUT2D eigenvalue weighted by Gasteiger charge is 2.08. The molecule has 19 heavy (non-hydrogen) atoms. The first-order valence-corrected chi connectivity index (χ1v) is 7.04. The van der Waals surface area contributed by atoms with E-state index in [4.69, 9.17) is 5.73 Å². The molecule has 3 rings (SSSR count). The number of hydrogen-bond acceptors (Lipinski definition) is 3. The first kappa shape index (κ1) is 12.1. The maximum Gasteiger partial charge on any atom is 0.0421 e. The molecule has 1 aromatic carbocycles. The highest BCUT2D eigenvalue weighted by Crippen LogP contribution is 2.36. The predicted octanol–water partition coefficient (Wildman–Crippen LogP) is 3.94. The topological polar surface area (TPSA) is 38.9 Å². The molecule has 0 saturated heterocycles. The molecule has 2 nitrogen and oxygen atoms in total. The van der Waals surface area contributed by atoms with Crippen LogP contribution in [-0.4, -0.2) is 4.98 Å². The average Bonchev–Trinajstić information content (AvgIpc) is 2.98. The van der Waals surface area contributed by atoms with Crippen LogP contribution in [0.15, 0.2) is 60.2 Å². The molecule has 3 aromatic rings. The second-order valence-corrected chi connectivity index (χ2v) is 5.22. The van der Waals surface area contributed by atoms with Gasteiger partial charge in [-0.3, -0.25) is 4.98 Å². The summed E-state index contributed by atoms with van der Waals surface area (Å²) >= 11 is 1.76. The van der Waals surface area contributed by atoms with E-state index in [0.717, 1.165) is 5.56 Å². The Morgan fingerprint density at radius 1 is 0.895 bits per heavy atom. The van der Waals surface area contributed by atoms with E-state index in [1.807, 2.05) is 24.5 Å². The molecule has 0 aliphatic rings. The van der Waals surface area contributed by atoms with Crippen LogP contribution in [0.25, 0.3) is 21.6 Å². The first-order valence-electron chi connectivity index (χ1n) is 6.16. The SMILES string of the molecule is NCc1ccc(-c2sccc2-c2ccncc2)cc1. The molecule has 94 valence electrons. The van der Waals surface area contributed by atoms with Crippen molar-refractivity contribution >= 4 is 11.3 Å². The monoisotopic (exact) mass is 266 g/mol. The Morgan fingerprint density at radius 2 is 1.63 bits per heavy atom. The lowest BCUT2D eigenvalue weighted by Crippen LogP contribution is -1.95. The number of thiophene rings is 1. The number of hydrogen-bond donors (Lipinski definition) is 1. The normalized spacial score (nSPS) is 10.6. The van der Waals surface area contributed by atoms with Gasteiger partial charge in [0, 0.05) is 29.4 Å². The summed E-state index contributed by atoms with van der Waals surface area (Å²) in [5.74, 6) is 0. The summed E-state index contributed by atoms with van der Waals surface area (Å²) in [6.45, 7) is 0.585.